The Labute approximate surface area is 210 Å². The monoisotopic (exact) mass is 489 g/mol. The van der Waals surface area contributed by atoms with Crippen LogP contribution in [0.1, 0.15) is 41.7 Å². The standard InChI is InChI=1S/C29H31NO4S/c31-23-8-4-20(5-9-23)29-28(34-26-13-10-24(32)16-27(26)35-29)19-6-11-25(12-7-19)33-15-14-30-17-21-2-1-3-22(21)18-30/h4-13,16,21-22,28-29,31-32H,1-3,14-15,17-18H2/t21-,22+,28-,29+/m0/s1. The molecule has 0 unspecified atom stereocenters. The van der Waals surface area contributed by atoms with E-state index in [1.165, 1.54) is 32.4 Å². The molecule has 2 heterocycles. The minimum atomic E-state index is -0.209. The maximum absolute atomic E-state index is 9.96. The molecular formula is C29H31NO4S. The number of ether oxygens (including phenoxy) is 2. The number of fused-ring (bicyclic) bond motifs is 2. The van der Waals surface area contributed by atoms with Crippen LogP contribution >= 0.6 is 11.8 Å². The predicted molar refractivity (Wildman–Crippen MR) is 137 cm³/mol. The van der Waals surface area contributed by atoms with Crippen molar-refractivity contribution in [1.29, 1.82) is 0 Å². The van der Waals surface area contributed by atoms with E-state index in [1.54, 1.807) is 36.0 Å². The van der Waals surface area contributed by atoms with E-state index in [1.807, 2.05) is 30.3 Å². The van der Waals surface area contributed by atoms with Gasteiger partial charge in [-0.1, -0.05) is 30.7 Å². The van der Waals surface area contributed by atoms with Gasteiger partial charge in [0.2, 0.25) is 0 Å². The number of hydrogen-bond acceptors (Lipinski definition) is 6. The molecule has 0 amide bonds. The lowest BCUT2D eigenvalue weighted by atomic mass is 10.00. The molecule has 182 valence electrons. The Morgan fingerprint density at radius 2 is 1.54 bits per heavy atom. The third-order valence-electron chi connectivity index (χ3n) is 7.62. The van der Waals surface area contributed by atoms with Crippen molar-refractivity contribution in [2.45, 2.75) is 35.5 Å². The van der Waals surface area contributed by atoms with Gasteiger partial charge in [0.1, 0.15) is 35.7 Å². The van der Waals surface area contributed by atoms with Gasteiger partial charge in [0.05, 0.1) is 10.1 Å². The molecule has 2 aliphatic heterocycles. The maximum atomic E-state index is 9.96. The van der Waals surface area contributed by atoms with Gasteiger partial charge >= 0.3 is 0 Å². The maximum Gasteiger partial charge on any atom is 0.140 e. The van der Waals surface area contributed by atoms with Gasteiger partial charge in [-0.2, -0.15) is 0 Å². The van der Waals surface area contributed by atoms with Gasteiger partial charge in [0, 0.05) is 19.6 Å². The molecule has 5 nitrogen and oxygen atoms in total. The molecule has 0 radical (unpaired) electrons. The first-order chi connectivity index (χ1) is 17.1. The molecule has 1 saturated heterocycles. The highest BCUT2D eigenvalue weighted by Gasteiger charge is 2.36. The SMILES string of the molecule is Oc1ccc([C@H]2Sc3cc(O)ccc3O[C@H]2c2ccc(OCCN3C[C@H]4CCC[C@H]4C3)cc2)cc1. The molecule has 6 heteroatoms. The minimum Gasteiger partial charge on any atom is -0.508 e. The normalized spacial score (nSPS) is 25.6. The van der Waals surface area contributed by atoms with Crippen LogP contribution in [0, 0.1) is 11.8 Å². The summed E-state index contributed by atoms with van der Waals surface area (Å²) in [6.45, 7) is 4.17. The van der Waals surface area contributed by atoms with E-state index in [-0.39, 0.29) is 22.9 Å². The summed E-state index contributed by atoms with van der Waals surface area (Å²) in [7, 11) is 0. The summed E-state index contributed by atoms with van der Waals surface area (Å²) in [6, 6.07) is 20.7. The van der Waals surface area contributed by atoms with E-state index in [9.17, 15) is 10.2 Å². The van der Waals surface area contributed by atoms with Crippen LogP contribution in [-0.2, 0) is 0 Å². The highest BCUT2D eigenvalue weighted by atomic mass is 32.2. The Balaban J connectivity index is 1.15. The fraction of sp³-hybridized carbons (Fsp3) is 0.379. The van der Waals surface area contributed by atoms with Crippen LogP contribution in [0.5, 0.6) is 23.0 Å². The van der Waals surface area contributed by atoms with E-state index in [0.29, 0.717) is 6.61 Å². The molecule has 1 saturated carbocycles. The van der Waals surface area contributed by atoms with Crippen LogP contribution in [0.15, 0.2) is 71.6 Å². The number of rotatable bonds is 6. The molecule has 0 aromatic heterocycles. The second kappa shape index (κ2) is 9.67. The lowest BCUT2D eigenvalue weighted by Crippen LogP contribution is -2.27. The second-order valence-corrected chi connectivity index (χ2v) is 11.1. The zero-order chi connectivity index (χ0) is 23.8. The van der Waals surface area contributed by atoms with Crippen molar-refractivity contribution >= 4 is 11.8 Å². The van der Waals surface area contributed by atoms with E-state index in [4.69, 9.17) is 9.47 Å². The fourth-order valence-electron chi connectivity index (χ4n) is 5.79. The van der Waals surface area contributed by atoms with Gasteiger partial charge in [0.25, 0.3) is 0 Å². The van der Waals surface area contributed by atoms with Gasteiger partial charge < -0.3 is 19.7 Å². The highest BCUT2D eigenvalue weighted by Crippen LogP contribution is 2.54. The lowest BCUT2D eigenvalue weighted by molar-refractivity contribution is 0.190. The van der Waals surface area contributed by atoms with Crippen molar-refractivity contribution in [2.75, 3.05) is 26.2 Å². The predicted octanol–water partition coefficient (Wildman–Crippen LogP) is 6.18. The highest BCUT2D eigenvalue weighted by molar-refractivity contribution is 7.99. The molecule has 6 rings (SSSR count). The van der Waals surface area contributed by atoms with E-state index < -0.39 is 0 Å². The molecule has 0 bridgehead atoms. The first-order valence-electron chi connectivity index (χ1n) is 12.5. The number of aromatic hydroxyl groups is 2. The number of phenolic OH excluding ortho intramolecular Hbond substituents is 2. The molecule has 0 spiro atoms. The number of phenols is 2. The lowest BCUT2D eigenvalue weighted by Gasteiger charge is -2.34. The van der Waals surface area contributed by atoms with Crippen LogP contribution < -0.4 is 9.47 Å². The quantitative estimate of drug-likeness (QED) is 0.431. The van der Waals surface area contributed by atoms with Gasteiger partial charge in [-0.3, -0.25) is 4.90 Å². The van der Waals surface area contributed by atoms with Gasteiger partial charge in [0.15, 0.2) is 0 Å². The first kappa shape index (κ1) is 22.6. The summed E-state index contributed by atoms with van der Waals surface area (Å²) in [4.78, 5) is 3.47. The summed E-state index contributed by atoms with van der Waals surface area (Å²) in [5.74, 6) is 3.94. The molecular weight excluding hydrogens is 458 g/mol. The first-order valence-corrected chi connectivity index (χ1v) is 13.4. The molecule has 2 fully saturated rings. The van der Waals surface area contributed by atoms with Crippen LogP contribution in [0.4, 0.5) is 0 Å². The Morgan fingerprint density at radius 3 is 2.29 bits per heavy atom. The molecule has 3 aliphatic rings. The van der Waals surface area contributed by atoms with Crippen molar-refractivity contribution in [3.05, 3.63) is 77.9 Å². The zero-order valence-electron chi connectivity index (χ0n) is 19.7. The minimum absolute atomic E-state index is 0.0220. The van der Waals surface area contributed by atoms with Gasteiger partial charge in [-0.05, 0) is 78.3 Å². The van der Waals surface area contributed by atoms with Crippen molar-refractivity contribution in [1.82, 2.24) is 4.90 Å². The number of benzene rings is 3. The van der Waals surface area contributed by atoms with Crippen molar-refractivity contribution in [3.8, 4) is 23.0 Å². The van der Waals surface area contributed by atoms with Crippen molar-refractivity contribution in [2.24, 2.45) is 11.8 Å². The number of likely N-dealkylation sites (tertiary alicyclic amines) is 1. The molecule has 3 aromatic carbocycles. The summed E-state index contributed by atoms with van der Waals surface area (Å²) in [5, 5.41) is 19.7. The largest absolute Gasteiger partial charge is 0.508 e. The Bertz CT molecular complexity index is 1150. The average molecular weight is 490 g/mol. The molecule has 1 aliphatic carbocycles. The third-order valence-corrected chi connectivity index (χ3v) is 8.96. The van der Waals surface area contributed by atoms with Crippen LogP contribution in [0.2, 0.25) is 0 Å². The average Bonchev–Trinajstić information content (AvgIpc) is 3.46. The topological polar surface area (TPSA) is 62.2 Å². The summed E-state index contributed by atoms with van der Waals surface area (Å²) < 4.78 is 12.5. The van der Waals surface area contributed by atoms with E-state index in [0.717, 1.165) is 45.9 Å². The summed E-state index contributed by atoms with van der Waals surface area (Å²) in [6.07, 6.45) is 4.01. The van der Waals surface area contributed by atoms with Crippen molar-refractivity contribution < 1.29 is 19.7 Å². The second-order valence-electron chi connectivity index (χ2n) is 9.93. The Morgan fingerprint density at radius 1 is 0.857 bits per heavy atom. The number of thioether (sulfide) groups is 1. The van der Waals surface area contributed by atoms with Crippen LogP contribution in [-0.4, -0.2) is 41.4 Å². The Hall–Kier alpha value is -2.83. The Kier molecular flexibility index (Phi) is 6.25. The van der Waals surface area contributed by atoms with Crippen LogP contribution in [0.25, 0.3) is 0 Å². The smallest absolute Gasteiger partial charge is 0.140 e. The number of nitrogens with zero attached hydrogens (tertiary/aromatic N) is 1. The molecule has 3 aromatic rings. The van der Waals surface area contributed by atoms with Gasteiger partial charge in [-0.25, -0.2) is 0 Å². The van der Waals surface area contributed by atoms with Crippen LogP contribution in [0.3, 0.4) is 0 Å². The number of hydrogen-bond donors (Lipinski definition) is 2. The summed E-state index contributed by atoms with van der Waals surface area (Å²) >= 11 is 1.67. The molecule has 35 heavy (non-hydrogen) atoms. The van der Waals surface area contributed by atoms with E-state index in [2.05, 4.69) is 17.0 Å². The summed E-state index contributed by atoms with van der Waals surface area (Å²) in [5.41, 5.74) is 2.12. The molecule has 4 atom stereocenters. The van der Waals surface area contributed by atoms with E-state index >= 15 is 0 Å². The third kappa shape index (κ3) is 4.82. The fourth-order valence-corrected chi connectivity index (χ4v) is 7.12. The van der Waals surface area contributed by atoms with Crippen molar-refractivity contribution in [3.63, 3.8) is 0 Å². The zero-order valence-corrected chi connectivity index (χ0v) is 20.5. The van der Waals surface area contributed by atoms with Gasteiger partial charge in [-0.15, -0.1) is 11.8 Å². The molecule has 2 N–H and O–H groups in total.